The molecule has 0 saturated heterocycles. The van der Waals surface area contributed by atoms with Crippen molar-refractivity contribution in [2.45, 2.75) is 19.8 Å². The third kappa shape index (κ3) is 5.60. The lowest BCUT2D eigenvalue weighted by Gasteiger charge is -2.08. The number of benzene rings is 1. The predicted molar refractivity (Wildman–Crippen MR) is 74.7 cm³/mol. The molecule has 0 saturated carbocycles. The Morgan fingerprint density at radius 2 is 1.95 bits per heavy atom. The van der Waals surface area contributed by atoms with Gasteiger partial charge in [-0.15, -0.1) is 0 Å². The van der Waals surface area contributed by atoms with E-state index in [1.54, 1.807) is 12.1 Å². The largest absolute Gasteiger partial charge is 0.507 e. The summed E-state index contributed by atoms with van der Waals surface area (Å²) in [6.07, 6.45) is 1.41. The van der Waals surface area contributed by atoms with Crippen LogP contribution in [-0.4, -0.2) is 36.8 Å². The molecule has 0 heterocycles. The Balaban J connectivity index is 2.20. The summed E-state index contributed by atoms with van der Waals surface area (Å²) in [5.41, 5.74) is 0.194. The van der Waals surface area contributed by atoms with Crippen LogP contribution < -0.4 is 10.6 Å². The van der Waals surface area contributed by atoms with Gasteiger partial charge in [0.1, 0.15) is 12.4 Å². The van der Waals surface area contributed by atoms with E-state index in [2.05, 4.69) is 10.6 Å². The van der Waals surface area contributed by atoms with Crippen molar-refractivity contribution in [2.24, 2.45) is 0 Å². The first kappa shape index (κ1) is 15.8. The van der Waals surface area contributed by atoms with Crippen LogP contribution in [-0.2, 0) is 4.74 Å². The summed E-state index contributed by atoms with van der Waals surface area (Å²) in [6, 6.07) is 6.25. The highest BCUT2D eigenvalue weighted by molar-refractivity contribution is 5.96. The van der Waals surface area contributed by atoms with Gasteiger partial charge in [-0.2, -0.15) is 0 Å². The molecule has 2 amide bonds. The summed E-state index contributed by atoms with van der Waals surface area (Å²) in [5, 5.41) is 14.6. The molecular formula is C14H20N2O4. The second-order valence-electron chi connectivity index (χ2n) is 4.19. The van der Waals surface area contributed by atoms with Crippen molar-refractivity contribution < 1.29 is 19.4 Å². The average molecular weight is 280 g/mol. The number of ether oxygens (including phenoxy) is 1. The first-order valence-corrected chi connectivity index (χ1v) is 6.62. The number of aromatic hydroxyl groups is 1. The maximum absolute atomic E-state index is 11.7. The number of carbonyl (C=O) groups excluding carboxylic acids is 2. The zero-order chi connectivity index (χ0) is 14.8. The normalized spacial score (nSPS) is 9.85. The fourth-order valence-electron chi connectivity index (χ4n) is 1.49. The van der Waals surface area contributed by atoms with Gasteiger partial charge in [0.25, 0.3) is 5.91 Å². The Morgan fingerprint density at radius 1 is 1.20 bits per heavy atom. The summed E-state index contributed by atoms with van der Waals surface area (Å²) in [4.78, 5) is 22.9. The van der Waals surface area contributed by atoms with Crippen LogP contribution in [0.3, 0.4) is 0 Å². The summed E-state index contributed by atoms with van der Waals surface area (Å²) in [6.45, 7) is 2.88. The number of alkyl carbamates (subject to hydrolysis) is 1. The molecule has 6 nitrogen and oxygen atoms in total. The predicted octanol–water partition coefficient (Wildman–Crippen LogP) is 1.65. The summed E-state index contributed by atoms with van der Waals surface area (Å²) in [5.74, 6) is -0.485. The van der Waals surface area contributed by atoms with E-state index in [0.29, 0.717) is 6.54 Å². The minimum Gasteiger partial charge on any atom is -0.507 e. The molecule has 0 aliphatic heterocycles. The molecule has 0 aromatic heterocycles. The lowest BCUT2D eigenvalue weighted by molar-refractivity contribution is 0.0931. The molecule has 0 atom stereocenters. The molecule has 0 aliphatic rings. The summed E-state index contributed by atoms with van der Waals surface area (Å²) < 4.78 is 4.88. The molecule has 1 aromatic carbocycles. The first-order valence-electron chi connectivity index (χ1n) is 6.62. The summed E-state index contributed by atoms with van der Waals surface area (Å²) in [7, 11) is 0. The van der Waals surface area contributed by atoms with Crippen molar-refractivity contribution in [3.8, 4) is 5.75 Å². The number of carbonyl (C=O) groups is 2. The number of unbranched alkanes of at least 4 members (excludes halogenated alkanes) is 1. The Hall–Kier alpha value is -2.24. The highest BCUT2D eigenvalue weighted by Gasteiger charge is 2.09. The quantitative estimate of drug-likeness (QED) is 0.663. The SMILES string of the molecule is CCCCNC(=O)OCCNC(=O)c1ccccc1O. The molecule has 110 valence electrons. The molecule has 1 rings (SSSR count). The zero-order valence-corrected chi connectivity index (χ0v) is 11.5. The van der Waals surface area contributed by atoms with Gasteiger partial charge < -0.3 is 20.5 Å². The van der Waals surface area contributed by atoms with Gasteiger partial charge in [-0.3, -0.25) is 4.79 Å². The van der Waals surface area contributed by atoms with Gasteiger partial charge in [-0.1, -0.05) is 25.5 Å². The molecule has 20 heavy (non-hydrogen) atoms. The van der Waals surface area contributed by atoms with Gasteiger partial charge in [0, 0.05) is 6.54 Å². The van der Waals surface area contributed by atoms with Gasteiger partial charge in [-0.05, 0) is 18.6 Å². The molecular weight excluding hydrogens is 260 g/mol. The number of amides is 2. The lowest BCUT2D eigenvalue weighted by atomic mass is 10.2. The summed E-state index contributed by atoms with van der Waals surface area (Å²) >= 11 is 0. The second-order valence-corrected chi connectivity index (χ2v) is 4.19. The fourth-order valence-corrected chi connectivity index (χ4v) is 1.49. The highest BCUT2D eigenvalue weighted by atomic mass is 16.5. The van der Waals surface area contributed by atoms with E-state index in [1.807, 2.05) is 6.92 Å². The smallest absolute Gasteiger partial charge is 0.407 e. The Labute approximate surface area is 118 Å². The van der Waals surface area contributed by atoms with Crippen LogP contribution in [0.15, 0.2) is 24.3 Å². The molecule has 0 aliphatic carbocycles. The van der Waals surface area contributed by atoms with Gasteiger partial charge in [0.2, 0.25) is 0 Å². The molecule has 0 radical (unpaired) electrons. The minimum absolute atomic E-state index is 0.0803. The number of phenolic OH excluding ortho intramolecular Hbond substituents is 1. The van der Waals surface area contributed by atoms with Gasteiger partial charge in [0.05, 0.1) is 12.1 Å². The van der Waals surface area contributed by atoms with Crippen molar-refractivity contribution in [3.05, 3.63) is 29.8 Å². The number of nitrogens with one attached hydrogen (secondary N) is 2. The number of phenols is 1. The number of para-hydroxylation sites is 1. The highest BCUT2D eigenvalue weighted by Crippen LogP contribution is 2.14. The monoisotopic (exact) mass is 280 g/mol. The van der Waals surface area contributed by atoms with E-state index < -0.39 is 12.0 Å². The van der Waals surface area contributed by atoms with Crippen LogP contribution in [0.1, 0.15) is 30.1 Å². The Morgan fingerprint density at radius 3 is 2.65 bits per heavy atom. The molecule has 3 N–H and O–H groups in total. The topological polar surface area (TPSA) is 87.7 Å². The Kier molecular flexibility index (Phi) is 6.95. The standard InChI is InChI=1S/C14H20N2O4/c1-2-3-8-16-14(19)20-10-9-15-13(18)11-6-4-5-7-12(11)17/h4-7,17H,2-3,8-10H2,1H3,(H,15,18)(H,16,19). The van der Waals surface area contributed by atoms with Crippen molar-refractivity contribution >= 4 is 12.0 Å². The molecule has 0 fully saturated rings. The van der Waals surface area contributed by atoms with Gasteiger partial charge in [0.15, 0.2) is 0 Å². The van der Waals surface area contributed by atoms with E-state index in [0.717, 1.165) is 12.8 Å². The van der Waals surface area contributed by atoms with Crippen LogP contribution in [0, 0.1) is 0 Å². The van der Waals surface area contributed by atoms with Crippen LogP contribution in [0.4, 0.5) is 4.79 Å². The van der Waals surface area contributed by atoms with Crippen LogP contribution in [0.25, 0.3) is 0 Å². The third-order valence-electron chi connectivity index (χ3n) is 2.57. The number of hydrogen-bond acceptors (Lipinski definition) is 4. The first-order chi connectivity index (χ1) is 9.65. The number of hydrogen-bond donors (Lipinski definition) is 3. The van der Waals surface area contributed by atoms with Gasteiger partial charge in [-0.25, -0.2) is 4.79 Å². The average Bonchev–Trinajstić information content (AvgIpc) is 2.44. The fraction of sp³-hybridized carbons (Fsp3) is 0.429. The minimum atomic E-state index is -0.491. The molecule has 0 unspecified atom stereocenters. The van der Waals surface area contributed by atoms with E-state index in [9.17, 15) is 14.7 Å². The van der Waals surface area contributed by atoms with Crippen LogP contribution in [0.2, 0.25) is 0 Å². The van der Waals surface area contributed by atoms with E-state index in [4.69, 9.17) is 4.74 Å². The van der Waals surface area contributed by atoms with Gasteiger partial charge >= 0.3 is 6.09 Å². The van der Waals surface area contributed by atoms with E-state index >= 15 is 0 Å². The second kappa shape index (κ2) is 8.79. The van der Waals surface area contributed by atoms with E-state index in [1.165, 1.54) is 12.1 Å². The maximum Gasteiger partial charge on any atom is 0.407 e. The van der Waals surface area contributed by atoms with Crippen LogP contribution >= 0.6 is 0 Å². The Bertz CT molecular complexity index is 449. The lowest BCUT2D eigenvalue weighted by Crippen LogP contribution is -2.31. The van der Waals surface area contributed by atoms with E-state index in [-0.39, 0.29) is 24.5 Å². The van der Waals surface area contributed by atoms with Crippen molar-refractivity contribution in [1.82, 2.24) is 10.6 Å². The van der Waals surface area contributed by atoms with Crippen molar-refractivity contribution in [2.75, 3.05) is 19.7 Å². The third-order valence-corrected chi connectivity index (χ3v) is 2.57. The molecule has 6 heteroatoms. The zero-order valence-electron chi connectivity index (χ0n) is 11.5. The van der Waals surface area contributed by atoms with Crippen molar-refractivity contribution in [1.29, 1.82) is 0 Å². The molecule has 0 spiro atoms. The maximum atomic E-state index is 11.7. The van der Waals surface area contributed by atoms with Crippen molar-refractivity contribution in [3.63, 3.8) is 0 Å². The van der Waals surface area contributed by atoms with Crippen LogP contribution in [0.5, 0.6) is 5.75 Å². The molecule has 0 bridgehead atoms. The number of rotatable bonds is 7. The molecule has 1 aromatic rings.